The highest BCUT2D eigenvalue weighted by Crippen LogP contribution is 2.30. The summed E-state index contributed by atoms with van der Waals surface area (Å²) in [5.41, 5.74) is 7.18. The van der Waals surface area contributed by atoms with Gasteiger partial charge in [0.2, 0.25) is 0 Å². The predicted octanol–water partition coefficient (Wildman–Crippen LogP) is 5.30. The Morgan fingerprint density at radius 2 is 1.76 bits per heavy atom. The van der Waals surface area contributed by atoms with Crippen LogP contribution < -0.4 is 5.32 Å². The van der Waals surface area contributed by atoms with Crippen molar-refractivity contribution >= 4 is 5.69 Å². The molecule has 0 saturated carbocycles. The van der Waals surface area contributed by atoms with Crippen LogP contribution in [0.3, 0.4) is 0 Å². The van der Waals surface area contributed by atoms with Crippen molar-refractivity contribution < 1.29 is 0 Å². The second-order valence-electron chi connectivity index (χ2n) is 6.11. The van der Waals surface area contributed by atoms with Gasteiger partial charge < -0.3 is 5.32 Å². The molecular formula is C20H25N. The van der Waals surface area contributed by atoms with E-state index in [0.717, 1.165) is 6.42 Å². The van der Waals surface area contributed by atoms with Crippen LogP contribution in [-0.2, 0) is 19.3 Å². The number of benzene rings is 2. The molecule has 1 nitrogen and oxygen atoms in total. The molecule has 1 unspecified atom stereocenters. The Hall–Kier alpha value is -1.76. The summed E-state index contributed by atoms with van der Waals surface area (Å²) in [4.78, 5) is 0. The normalized spacial score (nSPS) is 15.3. The van der Waals surface area contributed by atoms with Gasteiger partial charge in [0.25, 0.3) is 0 Å². The van der Waals surface area contributed by atoms with Gasteiger partial charge in [0.15, 0.2) is 0 Å². The van der Waals surface area contributed by atoms with Crippen LogP contribution in [0.15, 0.2) is 42.5 Å². The Bertz CT molecular complexity index is 598. The molecule has 1 heteroatoms. The molecule has 3 rings (SSSR count). The maximum absolute atomic E-state index is 3.72. The van der Waals surface area contributed by atoms with Crippen LogP contribution >= 0.6 is 0 Å². The highest BCUT2D eigenvalue weighted by molar-refractivity contribution is 5.56. The zero-order chi connectivity index (χ0) is 14.7. The van der Waals surface area contributed by atoms with Gasteiger partial charge >= 0.3 is 0 Å². The van der Waals surface area contributed by atoms with Crippen molar-refractivity contribution in [2.45, 2.75) is 52.0 Å². The number of fused-ring (bicyclic) bond motifs is 1. The molecule has 0 amide bonds. The summed E-state index contributed by atoms with van der Waals surface area (Å²) in [5, 5.41) is 3.72. The molecule has 0 aliphatic heterocycles. The van der Waals surface area contributed by atoms with Crippen molar-refractivity contribution in [2.24, 2.45) is 0 Å². The van der Waals surface area contributed by atoms with Crippen LogP contribution in [0.1, 0.15) is 55.0 Å². The van der Waals surface area contributed by atoms with Crippen molar-refractivity contribution in [1.29, 1.82) is 0 Å². The lowest BCUT2D eigenvalue weighted by molar-refractivity contribution is 0.685. The Labute approximate surface area is 128 Å². The van der Waals surface area contributed by atoms with Gasteiger partial charge in [-0.15, -0.1) is 0 Å². The summed E-state index contributed by atoms with van der Waals surface area (Å²) in [7, 11) is 0. The van der Waals surface area contributed by atoms with Crippen molar-refractivity contribution in [3.05, 3.63) is 64.7 Å². The lowest BCUT2D eigenvalue weighted by atomic mass is 9.90. The second-order valence-corrected chi connectivity index (χ2v) is 6.11. The van der Waals surface area contributed by atoms with Crippen LogP contribution in [0.4, 0.5) is 5.69 Å². The minimum atomic E-state index is 0.351. The van der Waals surface area contributed by atoms with E-state index < -0.39 is 0 Å². The molecule has 0 heterocycles. The van der Waals surface area contributed by atoms with E-state index in [2.05, 4.69) is 61.6 Å². The lowest BCUT2D eigenvalue weighted by Crippen LogP contribution is -2.11. The fraction of sp³-hybridized carbons (Fsp3) is 0.400. The minimum Gasteiger partial charge on any atom is -0.378 e. The number of anilines is 1. The van der Waals surface area contributed by atoms with E-state index in [-0.39, 0.29) is 0 Å². The van der Waals surface area contributed by atoms with Crippen LogP contribution in [0, 0.1) is 0 Å². The Kier molecular flexibility index (Phi) is 4.28. The molecule has 2 aromatic rings. The topological polar surface area (TPSA) is 12.0 Å². The number of hydrogen-bond donors (Lipinski definition) is 1. The minimum absolute atomic E-state index is 0.351. The molecule has 0 radical (unpaired) electrons. The van der Waals surface area contributed by atoms with Crippen LogP contribution in [-0.4, -0.2) is 0 Å². The molecule has 1 aliphatic carbocycles. The van der Waals surface area contributed by atoms with Gasteiger partial charge in [-0.25, -0.2) is 0 Å². The first kappa shape index (κ1) is 14.2. The molecule has 1 N–H and O–H groups in total. The number of hydrogen-bond acceptors (Lipinski definition) is 1. The summed E-state index contributed by atoms with van der Waals surface area (Å²) in [6, 6.07) is 16.1. The van der Waals surface area contributed by atoms with E-state index in [1.807, 2.05) is 0 Å². The number of rotatable bonds is 4. The van der Waals surface area contributed by atoms with Gasteiger partial charge in [-0.3, -0.25) is 0 Å². The second kappa shape index (κ2) is 6.34. The van der Waals surface area contributed by atoms with Crippen molar-refractivity contribution in [2.75, 3.05) is 5.32 Å². The van der Waals surface area contributed by atoms with E-state index in [0.29, 0.717) is 6.04 Å². The average molecular weight is 279 g/mol. The molecule has 1 atom stereocenters. The molecular weight excluding hydrogens is 254 g/mol. The molecule has 0 fully saturated rings. The number of aryl methyl sites for hydroxylation is 2. The Morgan fingerprint density at radius 3 is 2.52 bits per heavy atom. The third-order valence-electron chi connectivity index (χ3n) is 4.66. The van der Waals surface area contributed by atoms with Crippen molar-refractivity contribution in [1.82, 2.24) is 0 Å². The van der Waals surface area contributed by atoms with E-state index in [9.17, 15) is 0 Å². The standard InChI is InChI=1S/C20H25N/c1-3-16-11-13-17(14-12-16)15(2)21-20-10-6-8-18-7-4-5-9-19(18)20/h6,8,10-15,21H,3-5,7,9H2,1-2H3. The zero-order valence-electron chi connectivity index (χ0n) is 13.2. The van der Waals surface area contributed by atoms with Gasteiger partial charge in [-0.05, 0) is 67.3 Å². The monoisotopic (exact) mass is 279 g/mol. The summed E-state index contributed by atoms with van der Waals surface area (Å²) >= 11 is 0. The quantitative estimate of drug-likeness (QED) is 0.800. The summed E-state index contributed by atoms with van der Waals surface area (Å²) in [6.07, 6.45) is 6.23. The molecule has 1 aliphatic rings. The molecule has 2 aromatic carbocycles. The molecule has 0 saturated heterocycles. The molecule has 0 aromatic heterocycles. The molecule has 110 valence electrons. The molecule has 0 bridgehead atoms. The van der Waals surface area contributed by atoms with E-state index in [1.165, 1.54) is 42.5 Å². The Balaban J connectivity index is 1.79. The van der Waals surface area contributed by atoms with E-state index >= 15 is 0 Å². The third-order valence-corrected chi connectivity index (χ3v) is 4.66. The van der Waals surface area contributed by atoms with Gasteiger partial charge in [-0.2, -0.15) is 0 Å². The summed E-state index contributed by atoms with van der Waals surface area (Å²) < 4.78 is 0. The van der Waals surface area contributed by atoms with Crippen molar-refractivity contribution in [3.63, 3.8) is 0 Å². The fourth-order valence-corrected chi connectivity index (χ4v) is 3.28. The summed E-state index contributed by atoms with van der Waals surface area (Å²) in [5.74, 6) is 0. The fourth-order valence-electron chi connectivity index (χ4n) is 3.28. The Morgan fingerprint density at radius 1 is 1.00 bits per heavy atom. The first-order valence-corrected chi connectivity index (χ1v) is 8.24. The third kappa shape index (κ3) is 3.12. The zero-order valence-corrected chi connectivity index (χ0v) is 13.2. The first-order valence-electron chi connectivity index (χ1n) is 8.24. The van der Waals surface area contributed by atoms with Crippen molar-refractivity contribution in [3.8, 4) is 0 Å². The van der Waals surface area contributed by atoms with Gasteiger partial charge in [0.05, 0.1) is 0 Å². The largest absolute Gasteiger partial charge is 0.378 e. The maximum Gasteiger partial charge on any atom is 0.0485 e. The van der Waals surface area contributed by atoms with E-state index in [4.69, 9.17) is 0 Å². The molecule has 0 spiro atoms. The van der Waals surface area contributed by atoms with E-state index in [1.54, 1.807) is 11.1 Å². The van der Waals surface area contributed by atoms with Gasteiger partial charge in [0, 0.05) is 11.7 Å². The predicted molar refractivity (Wildman–Crippen MR) is 90.9 cm³/mol. The SMILES string of the molecule is CCc1ccc(C(C)Nc2cccc3c2CCCC3)cc1. The lowest BCUT2D eigenvalue weighted by Gasteiger charge is -2.23. The highest BCUT2D eigenvalue weighted by atomic mass is 14.9. The average Bonchev–Trinajstić information content (AvgIpc) is 2.55. The first-order chi connectivity index (χ1) is 10.3. The van der Waals surface area contributed by atoms with Crippen LogP contribution in [0.2, 0.25) is 0 Å². The van der Waals surface area contributed by atoms with Gasteiger partial charge in [-0.1, -0.05) is 43.3 Å². The van der Waals surface area contributed by atoms with Gasteiger partial charge in [0.1, 0.15) is 0 Å². The van der Waals surface area contributed by atoms with Crippen LogP contribution in [0.5, 0.6) is 0 Å². The molecule has 21 heavy (non-hydrogen) atoms. The summed E-state index contributed by atoms with van der Waals surface area (Å²) in [6.45, 7) is 4.45. The maximum atomic E-state index is 3.72. The highest BCUT2D eigenvalue weighted by Gasteiger charge is 2.14. The van der Waals surface area contributed by atoms with Crippen LogP contribution in [0.25, 0.3) is 0 Å². The number of nitrogens with one attached hydrogen (secondary N) is 1. The smallest absolute Gasteiger partial charge is 0.0485 e.